The lowest BCUT2D eigenvalue weighted by atomic mass is 9.75. The van der Waals surface area contributed by atoms with Gasteiger partial charge in [0, 0.05) is 30.9 Å². The Balaban J connectivity index is 2.05. The van der Waals surface area contributed by atoms with Crippen molar-refractivity contribution in [2.75, 3.05) is 32.6 Å². The predicted octanol–water partition coefficient (Wildman–Crippen LogP) is 2.63. The minimum atomic E-state index is 0.110. The van der Waals surface area contributed by atoms with Gasteiger partial charge in [-0.05, 0) is 58.0 Å². The van der Waals surface area contributed by atoms with E-state index in [2.05, 4.69) is 55.2 Å². The summed E-state index contributed by atoms with van der Waals surface area (Å²) in [6.45, 7) is 3.12. The van der Waals surface area contributed by atoms with Crippen LogP contribution in [-0.2, 0) is 0 Å². The molecule has 0 aliphatic heterocycles. The molecule has 1 aliphatic rings. The van der Waals surface area contributed by atoms with E-state index in [1.807, 2.05) is 6.92 Å². The molecule has 2 N–H and O–H groups in total. The van der Waals surface area contributed by atoms with Crippen molar-refractivity contribution in [1.29, 1.82) is 0 Å². The first-order chi connectivity index (χ1) is 8.94. The molecule has 0 spiro atoms. The zero-order valence-electron chi connectivity index (χ0n) is 12.7. The second-order valence-electron chi connectivity index (χ2n) is 6.21. The number of nitrogens with two attached hydrogens (primary N) is 1. The lowest BCUT2D eigenvalue weighted by molar-refractivity contribution is 0.0683. The molecule has 1 atom stereocenters. The third kappa shape index (κ3) is 2.93. The Kier molecular flexibility index (Phi) is 4.16. The van der Waals surface area contributed by atoms with E-state index in [1.54, 1.807) is 0 Å². The maximum absolute atomic E-state index is 5.89. The monoisotopic (exact) mass is 261 g/mol. The quantitative estimate of drug-likeness (QED) is 0.884. The zero-order chi connectivity index (χ0) is 14.0. The first kappa shape index (κ1) is 14.4. The molecule has 0 saturated heterocycles. The summed E-state index contributed by atoms with van der Waals surface area (Å²) >= 11 is 0. The highest BCUT2D eigenvalue weighted by atomic mass is 15.2. The van der Waals surface area contributed by atoms with Gasteiger partial charge in [0.25, 0.3) is 0 Å². The standard InChI is InChI=1S/C16H27N3/c1-13(17)14-6-8-15(9-7-14)19(4)12-16(18(2)3)10-5-11-16/h6-9,13H,5,10-12,17H2,1-4H3/t13-/m1/s1. The summed E-state index contributed by atoms with van der Waals surface area (Å²) in [6.07, 6.45) is 3.97. The highest BCUT2D eigenvalue weighted by Gasteiger charge is 2.39. The van der Waals surface area contributed by atoms with Crippen LogP contribution in [0.5, 0.6) is 0 Å². The molecule has 1 fully saturated rings. The number of hydrogen-bond acceptors (Lipinski definition) is 3. The summed E-state index contributed by atoms with van der Waals surface area (Å²) in [5.74, 6) is 0. The molecule has 0 bridgehead atoms. The second-order valence-corrected chi connectivity index (χ2v) is 6.21. The topological polar surface area (TPSA) is 32.5 Å². The van der Waals surface area contributed by atoms with Crippen LogP contribution < -0.4 is 10.6 Å². The van der Waals surface area contributed by atoms with Gasteiger partial charge in [0.2, 0.25) is 0 Å². The fraction of sp³-hybridized carbons (Fsp3) is 0.625. The molecule has 0 heterocycles. The van der Waals surface area contributed by atoms with Gasteiger partial charge in [0.1, 0.15) is 0 Å². The summed E-state index contributed by atoms with van der Waals surface area (Å²) in [5, 5.41) is 0. The summed E-state index contributed by atoms with van der Waals surface area (Å²) in [6, 6.07) is 8.75. The smallest absolute Gasteiger partial charge is 0.0378 e. The molecule has 3 nitrogen and oxygen atoms in total. The maximum atomic E-state index is 5.89. The molecule has 1 aromatic rings. The summed E-state index contributed by atoms with van der Waals surface area (Å²) < 4.78 is 0. The van der Waals surface area contributed by atoms with Crippen molar-refractivity contribution < 1.29 is 0 Å². The molecular formula is C16H27N3. The van der Waals surface area contributed by atoms with E-state index in [1.165, 1.54) is 30.5 Å². The van der Waals surface area contributed by atoms with Gasteiger partial charge in [0.05, 0.1) is 0 Å². The molecule has 3 heteroatoms. The second kappa shape index (κ2) is 5.51. The van der Waals surface area contributed by atoms with E-state index < -0.39 is 0 Å². The van der Waals surface area contributed by atoms with Crippen molar-refractivity contribution in [3.05, 3.63) is 29.8 Å². The van der Waals surface area contributed by atoms with Crippen LogP contribution in [-0.4, -0.2) is 38.1 Å². The molecule has 1 aromatic carbocycles. The van der Waals surface area contributed by atoms with Gasteiger partial charge < -0.3 is 15.5 Å². The van der Waals surface area contributed by atoms with Crippen LogP contribution in [0.4, 0.5) is 5.69 Å². The van der Waals surface area contributed by atoms with Gasteiger partial charge in [-0.2, -0.15) is 0 Å². The highest BCUT2D eigenvalue weighted by Crippen LogP contribution is 2.37. The SMILES string of the molecule is C[C@@H](N)c1ccc(N(C)CC2(N(C)C)CCC2)cc1. The summed E-state index contributed by atoms with van der Waals surface area (Å²) in [7, 11) is 6.59. The van der Waals surface area contributed by atoms with Crippen LogP contribution in [0.2, 0.25) is 0 Å². The molecule has 0 amide bonds. The largest absolute Gasteiger partial charge is 0.373 e. The van der Waals surface area contributed by atoms with Crippen molar-refractivity contribution in [1.82, 2.24) is 4.90 Å². The number of nitrogens with zero attached hydrogens (tertiary/aromatic N) is 2. The third-order valence-electron chi connectivity index (χ3n) is 4.62. The van der Waals surface area contributed by atoms with Gasteiger partial charge in [-0.3, -0.25) is 0 Å². The summed E-state index contributed by atoms with van der Waals surface area (Å²) in [4.78, 5) is 4.76. The number of anilines is 1. The fourth-order valence-corrected chi connectivity index (χ4v) is 2.90. The minimum absolute atomic E-state index is 0.110. The normalized spacial score (nSPS) is 19.1. The van der Waals surface area contributed by atoms with E-state index in [0.29, 0.717) is 5.54 Å². The Morgan fingerprint density at radius 2 is 1.74 bits per heavy atom. The zero-order valence-corrected chi connectivity index (χ0v) is 12.7. The van der Waals surface area contributed by atoms with Crippen LogP contribution in [0.25, 0.3) is 0 Å². The number of benzene rings is 1. The molecule has 1 aliphatic carbocycles. The van der Waals surface area contributed by atoms with Gasteiger partial charge in [-0.25, -0.2) is 0 Å². The van der Waals surface area contributed by atoms with Crippen LogP contribution in [0.1, 0.15) is 37.8 Å². The molecule has 2 rings (SSSR count). The first-order valence-electron chi connectivity index (χ1n) is 7.19. The average molecular weight is 261 g/mol. The van der Waals surface area contributed by atoms with Gasteiger partial charge in [-0.15, -0.1) is 0 Å². The van der Waals surface area contributed by atoms with Crippen molar-refractivity contribution in [3.8, 4) is 0 Å². The van der Waals surface area contributed by atoms with Crippen molar-refractivity contribution in [2.24, 2.45) is 5.73 Å². The predicted molar refractivity (Wildman–Crippen MR) is 82.6 cm³/mol. The maximum Gasteiger partial charge on any atom is 0.0378 e. The van der Waals surface area contributed by atoms with E-state index in [4.69, 9.17) is 5.73 Å². The van der Waals surface area contributed by atoms with E-state index in [0.717, 1.165) is 6.54 Å². The summed E-state index contributed by atoms with van der Waals surface area (Å²) in [5.41, 5.74) is 8.73. The lowest BCUT2D eigenvalue weighted by Gasteiger charge is -2.49. The van der Waals surface area contributed by atoms with E-state index in [-0.39, 0.29) is 6.04 Å². The molecule has 0 radical (unpaired) electrons. The van der Waals surface area contributed by atoms with Crippen molar-refractivity contribution in [3.63, 3.8) is 0 Å². The Labute approximate surface area is 117 Å². The Hall–Kier alpha value is -1.06. The van der Waals surface area contributed by atoms with Gasteiger partial charge in [-0.1, -0.05) is 12.1 Å². The Bertz CT molecular complexity index is 405. The molecular weight excluding hydrogens is 234 g/mol. The number of likely N-dealkylation sites (N-methyl/N-ethyl adjacent to an activating group) is 2. The average Bonchev–Trinajstić information content (AvgIpc) is 2.33. The minimum Gasteiger partial charge on any atom is -0.373 e. The van der Waals surface area contributed by atoms with Gasteiger partial charge in [0.15, 0.2) is 0 Å². The molecule has 106 valence electrons. The number of hydrogen-bond donors (Lipinski definition) is 1. The fourth-order valence-electron chi connectivity index (χ4n) is 2.90. The van der Waals surface area contributed by atoms with Crippen molar-refractivity contribution in [2.45, 2.75) is 37.8 Å². The molecule has 0 aromatic heterocycles. The van der Waals surface area contributed by atoms with Crippen LogP contribution in [0.3, 0.4) is 0 Å². The highest BCUT2D eigenvalue weighted by molar-refractivity contribution is 5.48. The first-order valence-corrected chi connectivity index (χ1v) is 7.19. The molecule has 1 saturated carbocycles. The van der Waals surface area contributed by atoms with E-state index >= 15 is 0 Å². The lowest BCUT2D eigenvalue weighted by Crippen LogP contribution is -2.56. The third-order valence-corrected chi connectivity index (χ3v) is 4.62. The Morgan fingerprint density at radius 3 is 2.11 bits per heavy atom. The Morgan fingerprint density at radius 1 is 1.16 bits per heavy atom. The van der Waals surface area contributed by atoms with E-state index in [9.17, 15) is 0 Å². The van der Waals surface area contributed by atoms with Crippen LogP contribution >= 0.6 is 0 Å². The molecule has 19 heavy (non-hydrogen) atoms. The molecule has 0 unspecified atom stereocenters. The van der Waals surface area contributed by atoms with Gasteiger partial charge >= 0.3 is 0 Å². The van der Waals surface area contributed by atoms with Crippen LogP contribution in [0, 0.1) is 0 Å². The van der Waals surface area contributed by atoms with Crippen molar-refractivity contribution >= 4 is 5.69 Å². The van der Waals surface area contributed by atoms with Crippen LogP contribution in [0.15, 0.2) is 24.3 Å². The number of rotatable bonds is 5.